The Balaban J connectivity index is 2.73. The minimum atomic E-state index is -0.266. The number of hydrogen-bond acceptors (Lipinski definition) is 5. The summed E-state index contributed by atoms with van der Waals surface area (Å²) in [6.45, 7) is 1.75. The van der Waals surface area contributed by atoms with Crippen LogP contribution in [-0.4, -0.2) is 36.8 Å². The summed E-state index contributed by atoms with van der Waals surface area (Å²) >= 11 is 0. The van der Waals surface area contributed by atoms with E-state index in [0.717, 1.165) is 0 Å². The summed E-state index contributed by atoms with van der Waals surface area (Å²) in [5.74, 6) is 0.0504. The molecule has 2 N–H and O–H groups in total. The molecule has 0 saturated heterocycles. The van der Waals surface area contributed by atoms with Gasteiger partial charge in [0.2, 0.25) is 0 Å². The summed E-state index contributed by atoms with van der Waals surface area (Å²) in [7, 11) is 3.12. The van der Waals surface area contributed by atoms with Crippen molar-refractivity contribution in [1.82, 2.24) is 0 Å². The van der Waals surface area contributed by atoms with Crippen LogP contribution in [0.3, 0.4) is 0 Å². The fourth-order valence-corrected chi connectivity index (χ4v) is 2.66. The average molecular weight is 316 g/mol. The molecular formula is C18H20O5. The lowest BCUT2D eigenvalue weighted by Gasteiger charge is -2.17. The molecule has 5 nitrogen and oxygen atoms in total. The molecular weight excluding hydrogens is 296 g/mol. The summed E-state index contributed by atoms with van der Waals surface area (Å²) in [6.07, 6.45) is 0.389. The van der Waals surface area contributed by atoms with Gasteiger partial charge in [0.05, 0.1) is 19.3 Å². The third-order valence-corrected chi connectivity index (χ3v) is 3.66. The van der Waals surface area contributed by atoms with Crippen molar-refractivity contribution in [1.29, 1.82) is 0 Å². The number of benzene rings is 2. The van der Waals surface area contributed by atoms with Crippen LogP contribution in [0.5, 0.6) is 17.2 Å². The Labute approximate surface area is 135 Å². The molecule has 0 bridgehead atoms. The smallest absolute Gasteiger partial charge is 0.163 e. The zero-order valence-corrected chi connectivity index (χ0v) is 13.4. The van der Waals surface area contributed by atoms with Crippen molar-refractivity contribution >= 4 is 5.78 Å². The van der Waals surface area contributed by atoms with Crippen molar-refractivity contribution in [3.63, 3.8) is 0 Å². The van der Waals surface area contributed by atoms with Gasteiger partial charge in [-0.15, -0.1) is 0 Å². The standard InChI is InChI=1S/C18H20O5/c1-11(19)17-14(7-8-22-2)18(16(21)10-15(17)20)12-5-4-6-13(9-12)23-3/h4-6,9-10,20-21H,7-8H2,1-3H3. The maximum Gasteiger partial charge on any atom is 0.163 e. The molecule has 0 amide bonds. The zero-order chi connectivity index (χ0) is 17.0. The summed E-state index contributed by atoms with van der Waals surface area (Å²) < 4.78 is 10.3. The monoisotopic (exact) mass is 316 g/mol. The van der Waals surface area contributed by atoms with Crippen LogP contribution in [0.15, 0.2) is 30.3 Å². The molecule has 5 heteroatoms. The normalized spacial score (nSPS) is 10.6. The number of phenolic OH excluding ortho intramolecular Hbond substituents is 2. The molecule has 0 aliphatic carbocycles. The maximum atomic E-state index is 12.0. The molecule has 122 valence electrons. The first kappa shape index (κ1) is 16.8. The predicted octanol–water partition coefficient (Wildman–Crippen LogP) is 3.16. The lowest BCUT2D eigenvalue weighted by atomic mass is 9.90. The van der Waals surface area contributed by atoms with E-state index < -0.39 is 0 Å². The third-order valence-electron chi connectivity index (χ3n) is 3.66. The molecule has 0 aromatic heterocycles. The van der Waals surface area contributed by atoms with Gasteiger partial charge in [-0.1, -0.05) is 12.1 Å². The second kappa shape index (κ2) is 7.15. The molecule has 0 unspecified atom stereocenters. The second-order valence-corrected chi connectivity index (χ2v) is 5.17. The van der Waals surface area contributed by atoms with Gasteiger partial charge in [-0.25, -0.2) is 0 Å². The highest BCUT2D eigenvalue weighted by Gasteiger charge is 2.21. The van der Waals surface area contributed by atoms with Gasteiger partial charge in [0.25, 0.3) is 0 Å². The van der Waals surface area contributed by atoms with E-state index in [1.54, 1.807) is 32.4 Å². The van der Waals surface area contributed by atoms with Crippen molar-refractivity contribution in [3.05, 3.63) is 41.5 Å². The lowest BCUT2D eigenvalue weighted by molar-refractivity contribution is 0.101. The SMILES string of the molecule is COCCc1c(C(C)=O)c(O)cc(O)c1-c1cccc(OC)c1. The van der Waals surface area contributed by atoms with Crippen molar-refractivity contribution in [3.8, 4) is 28.4 Å². The largest absolute Gasteiger partial charge is 0.507 e. The number of methoxy groups -OCH3 is 2. The van der Waals surface area contributed by atoms with Crippen molar-refractivity contribution < 1.29 is 24.5 Å². The maximum absolute atomic E-state index is 12.0. The molecule has 23 heavy (non-hydrogen) atoms. The number of carbonyl (C=O) groups is 1. The Bertz CT molecular complexity index is 722. The van der Waals surface area contributed by atoms with Crippen LogP contribution < -0.4 is 4.74 Å². The van der Waals surface area contributed by atoms with E-state index in [1.807, 2.05) is 6.07 Å². The Morgan fingerprint density at radius 1 is 1.13 bits per heavy atom. The van der Waals surface area contributed by atoms with Gasteiger partial charge in [-0.2, -0.15) is 0 Å². The van der Waals surface area contributed by atoms with Gasteiger partial charge in [0.15, 0.2) is 5.78 Å². The Morgan fingerprint density at radius 3 is 2.48 bits per heavy atom. The van der Waals surface area contributed by atoms with Crippen molar-refractivity contribution in [2.45, 2.75) is 13.3 Å². The van der Waals surface area contributed by atoms with Gasteiger partial charge in [-0.05, 0) is 36.6 Å². The number of phenols is 2. The average Bonchev–Trinajstić information content (AvgIpc) is 2.52. The number of rotatable bonds is 6. The van der Waals surface area contributed by atoms with E-state index in [1.165, 1.54) is 13.0 Å². The van der Waals surface area contributed by atoms with Crippen LogP contribution in [0.25, 0.3) is 11.1 Å². The first-order valence-electron chi connectivity index (χ1n) is 7.21. The molecule has 2 rings (SSSR count). The first-order chi connectivity index (χ1) is 11.0. The first-order valence-corrected chi connectivity index (χ1v) is 7.21. The number of carbonyl (C=O) groups excluding carboxylic acids is 1. The summed E-state index contributed by atoms with van der Waals surface area (Å²) in [5.41, 5.74) is 1.97. The highest BCUT2D eigenvalue weighted by Crippen LogP contribution is 2.40. The number of aromatic hydroxyl groups is 2. The lowest BCUT2D eigenvalue weighted by Crippen LogP contribution is -2.06. The highest BCUT2D eigenvalue weighted by atomic mass is 16.5. The topological polar surface area (TPSA) is 76.0 Å². The number of hydrogen-bond donors (Lipinski definition) is 2. The number of Topliss-reactive ketones (excluding diaryl/α,β-unsaturated/α-hetero) is 1. The van der Waals surface area contributed by atoms with Crippen LogP contribution in [0, 0.1) is 0 Å². The minimum absolute atomic E-state index is 0.0909. The summed E-state index contributed by atoms with van der Waals surface area (Å²) in [4.78, 5) is 12.0. The molecule has 0 spiro atoms. The van der Waals surface area contributed by atoms with Crippen LogP contribution in [0.2, 0.25) is 0 Å². The highest BCUT2D eigenvalue weighted by molar-refractivity contribution is 6.01. The van der Waals surface area contributed by atoms with E-state index in [9.17, 15) is 15.0 Å². The van der Waals surface area contributed by atoms with E-state index in [2.05, 4.69) is 0 Å². The van der Waals surface area contributed by atoms with Gasteiger partial charge >= 0.3 is 0 Å². The Hall–Kier alpha value is -2.53. The van der Waals surface area contributed by atoms with E-state index in [-0.39, 0.29) is 22.8 Å². The molecule has 0 aliphatic rings. The molecule has 0 radical (unpaired) electrons. The number of ketones is 1. The van der Waals surface area contributed by atoms with Crippen LogP contribution in [0.1, 0.15) is 22.8 Å². The van der Waals surface area contributed by atoms with Gasteiger partial charge in [-0.3, -0.25) is 4.79 Å². The van der Waals surface area contributed by atoms with Crippen LogP contribution in [0.4, 0.5) is 0 Å². The Kier molecular flexibility index (Phi) is 5.24. The van der Waals surface area contributed by atoms with Gasteiger partial charge < -0.3 is 19.7 Å². The summed E-state index contributed by atoms with van der Waals surface area (Å²) in [6, 6.07) is 8.37. The van der Waals surface area contributed by atoms with Crippen molar-refractivity contribution in [2.24, 2.45) is 0 Å². The van der Waals surface area contributed by atoms with E-state index in [4.69, 9.17) is 9.47 Å². The molecule has 0 saturated carbocycles. The Morgan fingerprint density at radius 2 is 1.87 bits per heavy atom. The van der Waals surface area contributed by atoms with E-state index in [0.29, 0.717) is 35.5 Å². The molecule has 0 fully saturated rings. The molecule has 0 atom stereocenters. The fraction of sp³-hybridized carbons (Fsp3) is 0.278. The third kappa shape index (κ3) is 3.46. The molecule has 0 aliphatic heterocycles. The van der Waals surface area contributed by atoms with Gasteiger partial charge in [0, 0.05) is 18.7 Å². The van der Waals surface area contributed by atoms with Crippen molar-refractivity contribution in [2.75, 3.05) is 20.8 Å². The second-order valence-electron chi connectivity index (χ2n) is 5.17. The number of ether oxygens (including phenoxy) is 2. The summed E-state index contributed by atoms with van der Waals surface area (Å²) in [5, 5.41) is 20.4. The van der Waals surface area contributed by atoms with E-state index >= 15 is 0 Å². The van der Waals surface area contributed by atoms with Crippen LogP contribution in [-0.2, 0) is 11.2 Å². The zero-order valence-electron chi connectivity index (χ0n) is 13.4. The minimum Gasteiger partial charge on any atom is -0.507 e. The quantitative estimate of drug-likeness (QED) is 0.801. The van der Waals surface area contributed by atoms with Gasteiger partial charge in [0.1, 0.15) is 17.2 Å². The predicted molar refractivity (Wildman–Crippen MR) is 87.3 cm³/mol. The fourth-order valence-electron chi connectivity index (χ4n) is 2.66. The molecule has 2 aromatic carbocycles. The molecule has 0 heterocycles. The molecule has 2 aromatic rings. The van der Waals surface area contributed by atoms with Crippen LogP contribution >= 0.6 is 0 Å².